The molecule has 1 aliphatic rings. The Balaban J connectivity index is 2.61. The minimum Gasteiger partial charge on any atom is -0.190 e. The van der Waals surface area contributed by atoms with Crippen LogP contribution in [0.25, 0.3) is 6.08 Å². The lowest BCUT2D eigenvalue weighted by Gasteiger charge is -2.07. The quantitative estimate of drug-likeness (QED) is 0.560. The molecule has 0 fully saturated rings. The fraction of sp³-hybridized carbons (Fsp3) is 0.100. The zero-order valence-corrected chi connectivity index (χ0v) is 6.84. The number of benzene rings is 1. The van der Waals surface area contributed by atoms with Crippen LogP contribution in [0.5, 0.6) is 0 Å². The van der Waals surface area contributed by atoms with Gasteiger partial charge in [0.2, 0.25) is 6.20 Å². The van der Waals surface area contributed by atoms with Crippen LogP contribution in [-0.4, -0.2) is 4.76 Å². The number of hydrogen-bond donors (Lipinski definition) is 0. The molecule has 0 saturated heterocycles. The van der Waals surface area contributed by atoms with Crippen molar-refractivity contribution in [2.45, 2.75) is 6.04 Å². The third kappa shape index (κ3) is 1.13. The largest absolute Gasteiger partial charge is 0.316 e. The average Bonchev–Trinajstić information content (AvgIpc) is 2.18. The van der Waals surface area contributed by atoms with Crippen molar-refractivity contribution in [3.63, 3.8) is 0 Å². The number of nitrogens with zero attached hydrogens (tertiary/aromatic N) is 2. The van der Waals surface area contributed by atoms with Crippen LogP contribution in [-0.2, 0) is 0 Å². The highest BCUT2D eigenvalue weighted by Crippen LogP contribution is 2.25. The minimum atomic E-state index is -0.693. The number of hydrogen-bond acceptors (Lipinski definition) is 2. The minimum absolute atomic E-state index is 0.669. The van der Waals surface area contributed by atoms with Crippen molar-refractivity contribution >= 4 is 6.08 Å². The molecule has 0 radical (unpaired) electrons. The summed E-state index contributed by atoms with van der Waals surface area (Å²) in [4.78, 5) is 11.2. The summed E-state index contributed by atoms with van der Waals surface area (Å²) in [7, 11) is 0. The van der Waals surface area contributed by atoms with E-state index in [4.69, 9.17) is 5.26 Å². The highest BCUT2D eigenvalue weighted by molar-refractivity contribution is 5.55. The van der Waals surface area contributed by atoms with Crippen LogP contribution >= 0.6 is 0 Å². The Morgan fingerprint density at radius 2 is 2.15 bits per heavy atom. The van der Waals surface area contributed by atoms with E-state index in [-0.39, 0.29) is 0 Å². The fourth-order valence-corrected chi connectivity index (χ4v) is 1.42. The van der Waals surface area contributed by atoms with Crippen molar-refractivity contribution in [3.05, 3.63) is 46.5 Å². The summed E-state index contributed by atoms with van der Waals surface area (Å²) in [5.41, 5.74) is 1.73. The first-order valence-electron chi connectivity index (χ1n) is 3.95. The van der Waals surface area contributed by atoms with Gasteiger partial charge in [-0.3, -0.25) is 0 Å². The zero-order chi connectivity index (χ0) is 9.26. The number of rotatable bonds is 0. The van der Waals surface area contributed by atoms with E-state index in [1.165, 1.54) is 6.20 Å². The van der Waals surface area contributed by atoms with E-state index >= 15 is 0 Å². The topological polar surface area (TPSA) is 43.9 Å². The summed E-state index contributed by atoms with van der Waals surface area (Å²) in [6.45, 7) is 0. The molecule has 2 rings (SSSR count). The average molecular weight is 171 g/mol. The van der Waals surface area contributed by atoms with Crippen LogP contribution in [0, 0.1) is 16.2 Å². The van der Waals surface area contributed by atoms with E-state index in [9.17, 15) is 4.91 Å². The Labute approximate surface area is 75.5 Å². The molecule has 0 saturated carbocycles. The highest BCUT2D eigenvalue weighted by atomic mass is 16.3. The van der Waals surface area contributed by atoms with Gasteiger partial charge in [0.1, 0.15) is 6.07 Å². The first kappa shape index (κ1) is 7.69. The molecule has 0 spiro atoms. The van der Waals surface area contributed by atoms with E-state index in [1.807, 2.05) is 24.3 Å². The van der Waals surface area contributed by atoms with Crippen LogP contribution in [0.4, 0.5) is 0 Å². The van der Waals surface area contributed by atoms with Gasteiger partial charge in [0.25, 0.3) is 0 Å². The van der Waals surface area contributed by atoms with Gasteiger partial charge in [0, 0.05) is 16.5 Å². The van der Waals surface area contributed by atoms with Crippen LogP contribution in [0.15, 0.2) is 30.5 Å². The molecule has 3 nitrogen and oxygen atoms in total. The zero-order valence-electron chi connectivity index (χ0n) is 6.84. The van der Waals surface area contributed by atoms with E-state index in [0.717, 1.165) is 11.1 Å². The van der Waals surface area contributed by atoms with Gasteiger partial charge in [-0.15, -0.1) is 0 Å². The Morgan fingerprint density at radius 3 is 2.92 bits per heavy atom. The van der Waals surface area contributed by atoms with Crippen LogP contribution in [0.3, 0.4) is 0 Å². The van der Waals surface area contributed by atoms with Crippen molar-refractivity contribution < 1.29 is 4.76 Å². The lowest BCUT2D eigenvalue weighted by atomic mass is 9.99. The Hall–Kier alpha value is -1.95. The molecule has 1 aromatic rings. The molecule has 1 aliphatic heterocycles. The SMILES string of the molecule is N#CC1c2ccccc2C=C[N+]1=O. The van der Waals surface area contributed by atoms with Gasteiger partial charge >= 0.3 is 6.04 Å². The van der Waals surface area contributed by atoms with Crippen LogP contribution in [0.2, 0.25) is 0 Å². The van der Waals surface area contributed by atoms with Crippen LogP contribution < -0.4 is 0 Å². The lowest BCUT2D eigenvalue weighted by Crippen LogP contribution is -2.13. The predicted molar refractivity (Wildman–Crippen MR) is 47.5 cm³/mol. The third-order valence-corrected chi connectivity index (χ3v) is 2.07. The monoisotopic (exact) mass is 171 g/mol. The molecule has 1 atom stereocenters. The first-order valence-corrected chi connectivity index (χ1v) is 3.95. The van der Waals surface area contributed by atoms with E-state index in [1.54, 1.807) is 12.1 Å². The predicted octanol–water partition coefficient (Wildman–Crippen LogP) is 2.01. The highest BCUT2D eigenvalue weighted by Gasteiger charge is 2.30. The Morgan fingerprint density at radius 1 is 1.38 bits per heavy atom. The van der Waals surface area contributed by atoms with Gasteiger partial charge in [0.15, 0.2) is 0 Å². The maximum Gasteiger partial charge on any atom is 0.316 e. The normalized spacial score (nSPS) is 19.3. The Bertz CT molecular complexity index is 429. The molecular formula is C10H7N2O+. The molecule has 62 valence electrons. The summed E-state index contributed by atoms with van der Waals surface area (Å²) in [6, 6.07) is 8.69. The van der Waals surface area contributed by atoms with Crippen molar-refractivity contribution in [2.75, 3.05) is 0 Å². The van der Waals surface area contributed by atoms with Gasteiger partial charge in [-0.05, 0) is 5.56 Å². The molecule has 0 aliphatic carbocycles. The van der Waals surface area contributed by atoms with Crippen molar-refractivity contribution in [2.24, 2.45) is 0 Å². The molecule has 1 aromatic carbocycles. The molecule has 1 heterocycles. The van der Waals surface area contributed by atoms with Crippen molar-refractivity contribution in [1.82, 2.24) is 0 Å². The summed E-state index contributed by atoms with van der Waals surface area (Å²) in [6.07, 6.45) is 3.10. The second kappa shape index (κ2) is 2.83. The van der Waals surface area contributed by atoms with E-state index in [2.05, 4.69) is 0 Å². The number of nitroso groups, excluding NO2 is 1. The number of nitriles is 1. The molecular weight excluding hydrogens is 164 g/mol. The van der Waals surface area contributed by atoms with Gasteiger partial charge in [-0.25, -0.2) is 0 Å². The molecule has 0 amide bonds. The number of fused-ring (bicyclic) bond motifs is 1. The maximum atomic E-state index is 11.2. The van der Waals surface area contributed by atoms with Gasteiger partial charge in [0.05, 0.1) is 4.76 Å². The molecule has 0 aromatic heterocycles. The van der Waals surface area contributed by atoms with Crippen molar-refractivity contribution in [1.29, 1.82) is 5.26 Å². The summed E-state index contributed by atoms with van der Waals surface area (Å²) >= 11 is 0. The fourth-order valence-electron chi connectivity index (χ4n) is 1.42. The van der Waals surface area contributed by atoms with Gasteiger partial charge in [-0.2, -0.15) is 5.26 Å². The van der Waals surface area contributed by atoms with Gasteiger partial charge in [-0.1, -0.05) is 24.3 Å². The summed E-state index contributed by atoms with van der Waals surface area (Å²) < 4.78 is 0.669. The lowest BCUT2D eigenvalue weighted by molar-refractivity contribution is -0.512. The Kier molecular flexibility index (Phi) is 1.67. The molecule has 0 N–H and O–H groups in total. The molecule has 3 heteroatoms. The molecule has 0 bridgehead atoms. The van der Waals surface area contributed by atoms with Crippen LogP contribution in [0.1, 0.15) is 17.2 Å². The second-order valence-corrected chi connectivity index (χ2v) is 2.84. The second-order valence-electron chi connectivity index (χ2n) is 2.84. The van der Waals surface area contributed by atoms with Crippen molar-refractivity contribution in [3.8, 4) is 6.07 Å². The maximum absolute atomic E-state index is 11.2. The smallest absolute Gasteiger partial charge is 0.190 e. The first-order chi connectivity index (χ1) is 6.33. The molecule has 1 unspecified atom stereocenters. The van der Waals surface area contributed by atoms with Gasteiger partial charge < -0.3 is 0 Å². The standard InChI is InChI=1S/C10H7N2O/c11-7-10-9-4-2-1-3-8(9)5-6-12(10)13/h1-6,10H/q+1. The molecule has 13 heavy (non-hydrogen) atoms. The summed E-state index contributed by atoms with van der Waals surface area (Å²) in [5, 5.41) is 8.78. The third-order valence-electron chi connectivity index (χ3n) is 2.07. The van der Waals surface area contributed by atoms with E-state index in [0.29, 0.717) is 4.76 Å². The summed E-state index contributed by atoms with van der Waals surface area (Å²) in [5.74, 6) is 0. The van der Waals surface area contributed by atoms with E-state index < -0.39 is 6.04 Å².